The number of likely N-dealkylation sites (tertiary alicyclic amines) is 1. The lowest BCUT2D eigenvalue weighted by atomic mass is 9.81. The number of amides is 1. The van der Waals surface area contributed by atoms with Gasteiger partial charge in [-0.1, -0.05) is 36.8 Å². The maximum absolute atomic E-state index is 12.4. The fourth-order valence-corrected chi connectivity index (χ4v) is 4.90. The first-order valence-corrected chi connectivity index (χ1v) is 9.32. The van der Waals surface area contributed by atoms with Crippen molar-refractivity contribution in [1.29, 1.82) is 0 Å². The summed E-state index contributed by atoms with van der Waals surface area (Å²) in [5, 5.41) is 12.7. The zero-order valence-corrected chi connectivity index (χ0v) is 14.5. The van der Waals surface area contributed by atoms with Crippen LogP contribution in [0.5, 0.6) is 0 Å². The zero-order valence-electron chi connectivity index (χ0n) is 14.5. The van der Waals surface area contributed by atoms with Gasteiger partial charge in [-0.25, -0.2) is 0 Å². The van der Waals surface area contributed by atoms with Crippen LogP contribution in [0, 0.1) is 11.3 Å². The van der Waals surface area contributed by atoms with E-state index in [-0.39, 0.29) is 17.2 Å². The van der Waals surface area contributed by atoms with E-state index in [9.17, 15) is 14.7 Å². The van der Waals surface area contributed by atoms with Gasteiger partial charge >= 0.3 is 5.97 Å². The molecule has 5 nitrogen and oxygen atoms in total. The number of hydrogen-bond donors (Lipinski definition) is 2. The summed E-state index contributed by atoms with van der Waals surface area (Å²) in [7, 11) is 0. The van der Waals surface area contributed by atoms with Crippen LogP contribution >= 0.6 is 0 Å². The van der Waals surface area contributed by atoms with Gasteiger partial charge in [0.1, 0.15) is 0 Å². The van der Waals surface area contributed by atoms with E-state index in [4.69, 9.17) is 0 Å². The van der Waals surface area contributed by atoms with E-state index in [2.05, 4.69) is 17.4 Å². The van der Waals surface area contributed by atoms with E-state index in [1.54, 1.807) is 0 Å². The minimum atomic E-state index is -0.682. The average Bonchev–Trinajstić information content (AvgIpc) is 3.16. The quantitative estimate of drug-likeness (QED) is 0.830. The molecule has 3 fully saturated rings. The van der Waals surface area contributed by atoms with Crippen molar-refractivity contribution < 1.29 is 14.7 Å². The number of fused-ring (bicyclic) bond motifs is 1. The second-order valence-corrected chi connectivity index (χ2v) is 8.14. The van der Waals surface area contributed by atoms with Gasteiger partial charge in [0.15, 0.2) is 0 Å². The molecule has 0 spiro atoms. The molecule has 3 aliphatic rings. The van der Waals surface area contributed by atoms with E-state index >= 15 is 0 Å². The van der Waals surface area contributed by atoms with Crippen LogP contribution < -0.4 is 5.32 Å². The Bertz CT molecular complexity index is 671. The van der Waals surface area contributed by atoms with Gasteiger partial charge in [-0.15, -0.1) is 0 Å². The highest BCUT2D eigenvalue weighted by Gasteiger charge is 2.54. The first kappa shape index (κ1) is 16.6. The minimum Gasteiger partial charge on any atom is -0.481 e. The normalized spacial score (nSPS) is 30.0. The number of carboxylic acid groups (broad SMARTS) is 1. The largest absolute Gasteiger partial charge is 0.481 e. The maximum atomic E-state index is 12.4. The molecule has 0 bridgehead atoms. The summed E-state index contributed by atoms with van der Waals surface area (Å²) < 4.78 is 0. The molecule has 2 saturated carbocycles. The average molecular weight is 342 g/mol. The molecular formula is C20H26N2O3. The van der Waals surface area contributed by atoms with E-state index in [0.29, 0.717) is 19.6 Å². The van der Waals surface area contributed by atoms with Crippen LogP contribution in [0.25, 0.3) is 0 Å². The minimum absolute atomic E-state index is 0.0164. The topological polar surface area (TPSA) is 69.6 Å². The van der Waals surface area contributed by atoms with Crippen molar-refractivity contribution in [2.45, 2.75) is 37.5 Å². The van der Waals surface area contributed by atoms with E-state index in [0.717, 1.165) is 38.6 Å². The molecule has 1 heterocycles. The summed E-state index contributed by atoms with van der Waals surface area (Å²) in [6.07, 6.45) is 4.96. The van der Waals surface area contributed by atoms with Gasteiger partial charge in [0.05, 0.1) is 12.0 Å². The maximum Gasteiger partial charge on any atom is 0.311 e. The first-order valence-electron chi connectivity index (χ1n) is 9.32. The molecule has 1 aromatic rings. The number of rotatable bonds is 6. The fourth-order valence-electron chi connectivity index (χ4n) is 4.90. The van der Waals surface area contributed by atoms with Crippen LogP contribution in [0.1, 0.15) is 37.7 Å². The van der Waals surface area contributed by atoms with Gasteiger partial charge < -0.3 is 10.4 Å². The Labute approximate surface area is 148 Å². The molecule has 0 radical (unpaired) electrons. The van der Waals surface area contributed by atoms with Gasteiger partial charge in [-0.2, -0.15) is 0 Å². The number of nitrogens with zero attached hydrogens (tertiary/aromatic N) is 1. The van der Waals surface area contributed by atoms with Gasteiger partial charge in [-0.3, -0.25) is 14.5 Å². The predicted octanol–water partition coefficient (Wildman–Crippen LogP) is 2.02. The molecule has 1 amide bonds. The number of carboxylic acids is 1. The van der Waals surface area contributed by atoms with E-state index in [1.807, 2.05) is 23.1 Å². The van der Waals surface area contributed by atoms with Crippen LogP contribution in [-0.2, 0) is 15.0 Å². The van der Waals surface area contributed by atoms with Crippen molar-refractivity contribution in [1.82, 2.24) is 10.2 Å². The SMILES string of the molecule is O=C(CN1C[C@@H]2CCC[C@@]2(C(=O)O)C1)NCC1(c2ccccc2)CC1. The van der Waals surface area contributed by atoms with Gasteiger partial charge in [0, 0.05) is 25.0 Å². The predicted molar refractivity (Wildman–Crippen MR) is 94.2 cm³/mol. The Balaban J connectivity index is 1.31. The molecule has 5 heteroatoms. The lowest BCUT2D eigenvalue weighted by Crippen LogP contribution is -2.41. The molecule has 4 rings (SSSR count). The Hall–Kier alpha value is -1.88. The summed E-state index contributed by atoms with van der Waals surface area (Å²) in [5.41, 5.74) is 0.804. The smallest absolute Gasteiger partial charge is 0.311 e. The third-order valence-corrected chi connectivity index (χ3v) is 6.60. The third kappa shape index (κ3) is 2.95. The number of benzene rings is 1. The van der Waals surface area contributed by atoms with Crippen LogP contribution in [-0.4, -0.2) is 48.1 Å². The highest BCUT2D eigenvalue weighted by molar-refractivity contribution is 5.79. The van der Waals surface area contributed by atoms with Crippen LogP contribution in [0.2, 0.25) is 0 Å². The number of hydrogen-bond acceptors (Lipinski definition) is 3. The molecule has 25 heavy (non-hydrogen) atoms. The van der Waals surface area contributed by atoms with Gasteiger partial charge in [0.25, 0.3) is 0 Å². The summed E-state index contributed by atoms with van der Waals surface area (Å²) >= 11 is 0. The van der Waals surface area contributed by atoms with Crippen molar-refractivity contribution in [3.05, 3.63) is 35.9 Å². The molecule has 1 aromatic carbocycles. The van der Waals surface area contributed by atoms with Crippen molar-refractivity contribution >= 4 is 11.9 Å². The van der Waals surface area contributed by atoms with E-state index < -0.39 is 11.4 Å². The molecule has 2 N–H and O–H groups in total. The molecule has 2 atom stereocenters. The molecule has 1 aliphatic heterocycles. The molecule has 1 saturated heterocycles. The van der Waals surface area contributed by atoms with Crippen LogP contribution in [0.4, 0.5) is 0 Å². The fraction of sp³-hybridized carbons (Fsp3) is 0.600. The summed E-state index contributed by atoms with van der Waals surface area (Å²) in [4.78, 5) is 26.2. The van der Waals surface area contributed by atoms with Crippen LogP contribution in [0.3, 0.4) is 0 Å². The standard InChI is InChI=1S/C20H26N2O3/c23-17(21-13-19(9-10-19)15-5-2-1-3-6-15)12-22-11-16-7-4-8-20(16,14-22)18(24)25/h1-3,5-6,16H,4,7-14H2,(H,21,23)(H,24,25)/t16-,20+/m0/s1. The highest BCUT2D eigenvalue weighted by Crippen LogP contribution is 2.49. The molecule has 134 valence electrons. The second kappa shape index (κ2) is 6.13. The lowest BCUT2D eigenvalue weighted by Gasteiger charge is -2.23. The number of nitrogens with one attached hydrogen (secondary N) is 1. The molecule has 2 aliphatic carbocycles. The Morgan fingerprint density at radius 2 is 1.96 bits per heavy atom. The van der Waals surface area contributed by atoms with Crippen molar-refractivity contribution in [2.24, 2.45) is 11.3 Å². The Morgan fingerprint density at radius 3 is 2.60 bits per heavy atom. The lowest BCUT2D eigenvalue weighted by molar-refractivity contribution is -0.149. The molecule has 0 unspecified atom stereocenters. The van der Waals surface area contributed by atoms with Crippen LogP contribution in [0.15, 0.2) is 30.3 Å². The second-order valence-electron chi connectivity index (χ2n) is 8.14. The highest BCUT2D eigenvalue weighted by atomic mass is 16.4. The monoisotopic (exact) mass is 342 g/mol. The van der Waals surface area contributed by atoms with Crippen molar-refractivity contribution in [3.8, 4) is 0 Å². The summed E-state index contributed by atoms with van der Waals surface area (Å²) in [6, 6.07) is 10.4. The van der Waals surface area contributed by atoms with Gasteiger partial charge in [-0.05, 0) is 37.2 Å². The Morgan fingerprint density at radius 1 is 1.20 bits per heavy atom. The summed E-state index contributed by atoms with van der Waals surface area (Å²) in [5.74, 6) is -0.460. The zero-order chi connectivity index (χ0) is 17.5. The number of aliphatic carboxylic acids is 1. The molecule has 0 aromatic heterocycles. The Kier molecular flexibility index (Phi) is 4.07. The van der Waals surface area contributed by atoms with Gasteiger partial charge in [0.2, 0.25) is 5.91 Å². The van der Waals surface area contributed by atoms with Crippen molar-refractivity contribution in [3.63, 3.8) is 0 Å². The van der Waals surface area contributed by atoms with Crippen molar-refractivity contribution in [2.75, 3.05) is 26.2 Å². The summed E-state index contributed by atoms with van der Waals surface area (Å²) in [6.45, 7) is 2.25. The van der Waals surface area contributed by atoms with E-state index in [1.165, 1.54) is 5.56 Å². The number of carbonyl (C=O) groups excluding carboxylic acids is 1. The first-order chi connectivity index (χ1) is 12.0. The third-order valence-electron chi connectivity index (χ3n) is 6.60. The number of carbonyl (C=O) groups is 2. The molecular weight excluding hydrogens is 316 g/mol.